The van der Waals surface area contributed by atoms with Gasteiger partial charge >= 0.3 is 17.9 Å². The van der Waals surface area contributed by atoms with Gasteiger partial charge in [0.2, 0.25) is 0 Å². The number of allylic oxidation sites excluding steroid dienone is 10. The minimum Gasteiger partial charge on any atom is -0.462 e. The lowest BCUT2D eigenvalue weighted by molar-refractivity contribution is -0.167. The fourth-order valence-corrected chi connectivity index (χ4v) is 6.37. The first-order valence-electron chi connectivity index (χ1n) is 23.8. The smallest absolute Gasteiger partial charge is 0.306 e. The molecule has 0 rings (SSSR count). The second-order valence-electron chi connectivity index (χ2n) is 15.6. The van der Waals surface area contributed by atoms with Gasteiger partial charge in [0, 0.05) is 19.3 Å². The Morgan fingerprint density at radius 2 is 0.702 bits per heavy atom. The minimum atomic E-state index is -0.786. The summed E-state index contributed by atoms with van der Waals surface area (Å²) < 4.78 is 16.7. The van der Waals surface area contributed by atoms with Gasteiger partial charge in [-0.25, -0.2) is 0 Å². The molecule has 6 nitrogen and oxygen atoms in total. The van der Waals surface area contributed by atoms with Crippen LogP contribution in [0.4, 0.5) is 0 Å². The number of unbranched alkanes of at least 4 members (excludes halogenated alkanes) is 21. The first-order valence-corrected chi connectivity index (χ1v) is 23.8. The van der Waals surface area contributed by atoms with Gasteiger partial charge in [-0.3, -0.25) is 14.4 Å². The molecule has 6 heteroatoms. The Hall–Kier alpha value is -2.89. The van der Waals surface area contributed by atoms with Crippen LogP contribution in [-0.4, -0.2) is 37.2 Å². The van der Waals surface area contributed by atoms with Crippen molar-refractivity contribution >= 4 is 17.9 Å². The van der Waals surface area contributed by atoms with Crippen LogP contribution < -0.4 is 0 Å². The number of carbonyl (C=O) groups is 3. The number of hydrogen-bond donors (Lipinski definition) is 0. The first-order chi connectivity index (χ1) is 28.0. The van der Waals surface area contributed by atoms with Crippen molar-refractivity contribution in [1.29, 1.82) is 0 Å². The van der Waals surface area contributed by atoms with Crippen molar-refractivity contribution in [1.82, 2.24) is 0 Å². The summed E-state index contributed by atoms with van der Waals surface area (Å²) >= 11 is 0. The molecule has 0 aliphatic carbocycles. The second-order valence-corrected chi connectivity index (χ2v) is 15.6. The second kappa shape index (κ2) is 45.8. The highest BCUT2D eigenvalue weighted by atomic mass is 16.6. The zero-order valence-electron chi connectivity index (χ0n) is 37.3. The van der Waals surface area contributed by atoms with Gasteiger partial charge in [-0.05, 0) is 96.3 Å². The van der Waals surface area contributed by atoms with Crippen molar-refractivity contribution in [3.05, 3.63) is 60.8 Å². The Labute approximate surface area is 351 Å². The van der Waals surface area contributed by atoms with Crippen LogP contribution in [0, 0.1) is 0 Å². The molecule has 0 saturated heterocycles. The highest BCUT2D eigenvalue weighted by Crippen LogP contribution is 2.13. The lowest BCUT2D eigenvalue weighted by Crippen LogP contribution is -2.30. The van der Waals surface area contributed by atoms with E-state index in [1.807, 2.05) is 0 Å². The Bertz CT molecular complexity index is 1050. The van der Waals surface area contributed by atoms with Gasteiger partial charge in [0.05, 0.1) is 0 Å². The summed E-state index contributed by atoms with van der Waals surface area (Å²) in [5.41, 5.74) is 0. The number of carbonyl (C=O) groups excluding carboxylic acids is 3. The van der Waals surface area contributed by atoms with Crippen molar-refractivity contribution in [2.75, 3.05) is 13.2 Å². The summed E-state index contributed by atoms with van der Waals surface area (Å²) in [5, 5.41) is 0. The predicted octanol–water partition coefficient (Wildman–Crippen LogP) is 15.3. The predicted molar refractivity (Wildman–Crippen MR) is 242 cm³/mol. The quantitative estimate of drug-likeness (QED) is 0.0265. The summed E-state index contributed by atoms with van der Waals surface area (Å²) in [7, 11) is 0. The van der Waals surface area contributed by atoms with Crippen molar-refractivity contribution in [2.45, 2.75) is 232 Å². The highest BCUT2D eigenvalue weighted by Gasteiger charge is 2.19. The lowest BCUT2D eigenvalue weighted by Gasteiger charge is -2.18. The third-order valence-electron chi connectivity index (χ3n) is 9.98. The van der Waals surface area contributed by atoms with Crippen LogP contribution in [0.15, 0.2) is 60.8 Å². The molecular weight excluding hydrogens is 709 g/mol. The lowest BCUT2D eigenvalue weighted by atomic mass is 10.1. The average molecular weight is 797 g/mol. The minimum absolute atomic E-state index is 0.0879. The third kappa shape index (κ3) is 44.1. The average Bonchev–Trinajstić information content (AvgIpc) is 3.21. The molecule has 57 heavy (non-hydrogen) atoms. The number of rotatable bonds is 42. The molecule has 0 spiro atoms. The summed E-state index contributed by atoms with van der Waals surface area (Å²) in [6.07, 6.45) is 54.8. The normalized spacial score (nSPS) is 12.5. The van der Waals surface area contributed by atoms with Crippen molar-refractivity contribution in [3.8, 4) is 0 Å². The Morgan fingerprint density at radius 1 is 0.368 bits per heavy atom. The van der Waals surface area contributed by atoms with Crippen LogP contribution in [0.25, 0.3) is 0 Å². The number of hydrogen-bond acceptors (Lipinski definition) is 6. The van der Waals surface area contributed by atoms with Crippen LogP contribution in [0.3, 0.4) is 0 Å². The molecule has 0 aliphatic heterocycles. The van der Waals surface area contributed by atoms with Crippen LogP contribution >= 0.6 is 0 Å². The molecule has 0 aromatic rings. The maximum Gasteiger partial charge on any atom is 0.306 e. The number of esters is 3. The molecule has 0 N–H and O–H groups in total. The van der Waals surface area contributed by atoms with Gasteiger partial charge in [0.25, 0.3) is 0 Å². The third-order valence-corrected chi connectivity index (χ3v) is 9.98. The van der Waals surface area contributed by atoms with Gasteiger partial charge in [0.1, 0.15) is 13.2 Å². The molecule has 0 amide bonds. The standard InChI is InChI=1S/C51H88O6/c1-4-7-10-13-16-19-22-24-25-27-30-32-35-38-41-44-50(53)56-47-48(57-51(54)45-42-39-36-33-28-21-18-15-12-9-6-3)46-55-49(52)43-40-37-34-31-29-26-23-20-17-14-11-8-5-2/h7,10,15-16,18-20,23-25,48H,4-6,8-9,11-14,17,21-22,26-47H2,1-3H3/b10-7-,18-15-,19-16-,23-20-,25-24-/t48-/m0/s1. The van der Waals surface area contributed by atoms with Gasteiger partial charge in [0.15, 0.2) is 6.10 Å². The van der Waals surface area contributed by atoms with E-state index in [0.717, 1.165) is 116 Å². The highest BCUT2D eigenvalue weighted by molar-refractivity contribution is 5.71. The molecule has 1 atom stereocenters. The first kappa shape index (κ1) is 54.1. The maximum atomic E-state index is 12.7. The fraction of sp³-hybridized carbons (Fsp3) is 0.745. The van der Waals surface area contributed by atoms with Gasteiger partial charge < -0.3 is 14.2 Å². The maximum absolute atomic E-state index is 12.7. The Balaban J connectivity index is 4.41. The van der Waals surface area contributed by atoms with Crippen LogP contribution in [0.1, 0.15) is 226 Å². The van der Waals surface area contributed by atoms with Crippen molar-refractivity contribution in [3.63, 3.8) is 0 Å². The molecule has 0 saturated carbocycles. The molecule has 0 heterocycles. The van der Waals surface area contributed by atoms with E-state index in [-0.39, 0.29) is 31.1 Å². The molecule has 0 aromatic carbocycles. The van der Waals surface area contributed by atoms with E-state index >= 15 is 0 Å². The Morgan fingerprint density at radius 3 is 1.14 bits per heavy atom. The zero-order chi connectivity index (χ0) is 41.5. The monoisotopic (exact) mass is 797 g/mol. The van der Waals surface area contributed by atoms with Gasteiger partial charge in [-0.2, -0.15) is 0 Å². The van der Waals surface area contributed by atoms with Crippen LogP contribution in [0.5, 0.6) is 0 Å². The van der Waals surface area contributed by atoms with Crippen molar-refractivity contribution < 1.29 is 28.6 Å². The van der Waals surface area contributed by atoms with Crippen LogP contribution in [0.2, 0.25) is 0 Å². The summed E-state index contributed by atoms with van der Waals surface area (Å²) in [4.78, 5) is 37.8. The molecule has 0 aromatic heterocycles. The van der Waals surface area contributed by atoms with E-state index in [2.05, 4.69) is 81.5 Å². The Kier molecular flexibility index (Phi) is 43.5. The molecule has 0 bridgehead atoms. The van der Waals surface area contributed by atoms with E-state index in [1.165, 1.54) is 70.6 Å². The SMILES string of the molecule is CC/C=C\C/C=C\C/C=C\CCCCCCCC(=O)OC[C@H](COC(=O)CCCCCCC/C=C\CCCCCC)OC(=O)CCCCCCC/C=C\CCCC. The summed E-state index contributed by atoms with van der Waals surface area (Å²) in [6.45, 7) is 6.43. The molecule has 0 unspecified atom stereocenters. The van der Waals surface area contributed by atoms with E-state index in [4.69, 9.17) is 14.2 Å². The summed E-state index contributed by atoms with van der Waals surface area (Å²) in [6, 6.07) is 0. The van der Waals surface area contributed by atoms with E-state index in [9.17, 15) is 14.4 Å². The van der Waals surface area contributed by atoms with E-state index in [0.29, 0.717) is 19.3 Å². The van der Waals surface area contributed by atoms with Crippen molar-refractivity contribution in [2.24, 2.45) is 0 Å². The molecule has 0 aliphatic rings. The van der Waals surface area contributed by atoms with E-state index < -0.39 is 6.10 Å². The molecule has 0 fully saturated rings. The van der Waals surface area contributed by atoms with E-state index in [1.54, 1.807) is 0 Å². The topological polar surface area (TPSA) is 78.9 Å². The van der Waals surface area contributed by atoms with Crippen LogP contribution in [-0.2, 0) is 28.6 Å². The molecular formula is C51H88O6. The summed E-state index contributed by atoms with van der Waals surface area (Å²) in [5.74, 6) is -0.925. The van der Waals surface area contributed by atoms with Gasteiger partial charge in [-0.15, -0.1) is 0 Å². The van der Waals surface area contributed by atoms with Gasteiger partial charge in [-0.1, -0.05) is 171 Å². The molecule has 0 radical (unpaired) electrons. The fourth-order valence-electron chi connectivity index (χ4n) is 6.37. The largest absolute Gasteiger partial charge is 0.462 e. The molecule has 328 valence electrons. The number of ether oxygens (including phenoxy) is 3. The zero-order valence-corrected chi connectivity index (χ0v) is 37.3.